The highest BCUT2D eigenvalue weighted by molar-refractivity contribution is 5.82. The van der Waals surface area contributed by atoms with Crippen LogP contribution < -0.4 is 5.32 Å². The Hall–Kier alpha value is -2.14. The van der Waals surface area contributed by atoms with Gasteiger partial charge in [0.25, 0.3) is 0 Å². The monoisotopic (exact) mass is 349 g/mol. The molecule has 26 heavy (non-hydrogen) atoms. The van der Waals surface area contributed by atoms with Crippen LogP contribution in [0.3, 0.4) is 0 Å². The average Bonchev–Trinajstić information content (AvgIpc) is 3.15. The number of piperidine rings is 1. The first-order valence-corrected chi connectivity index (χ1v) is 9.52. The molecular weight excluding hydrogens is 322 g/mol. The topological polar surface area (TPSA) is 51.3 Å². The lowest BCUT2D eigenvalue weighted by atomic mass is 10.0. The quantitative estimate of drug-likeness (QED) is 0.639. The van der Waals surface area contributed by atoms with E-state index in [1.54, 1.807) is 0 Å². The Labute approximate surface area is 154 Å². The van der Waals surface area contributed by atoms with Crippen LogP contribution >= 0.6 is 0 Å². The Morgan fingerprint density at radius 1 is 0.923 bits per heavy atom. The van der Waals surface area contributed by atoms with Crippen molar-refractivity contribution in [2.75, 3.05) is 13.1 Å². The van der Waals surface area contributed by atoms with E-state index >= 15 is 0 Å². The molecule has 3 aromatic rings. The fraction of sp³-hybridized carbons (Fsp3) is 0.364. The molecule has 1 fully saturated rings. The molecule has 1 saturated heterocycles. The summed E-state index contributed by atoms with van der Waals surface area (Å²) in [5.74, 6) is 0. The molecule has 0 amide bonds. The van der Waals surface area contributed by atoms with E-state index < -0.39 is 0 Å². The molecule has 3 N–H and O–H groups in total. The number of benzene rings is 2. The van der Waals surface area contributed by atoms with Crippen molar-refractivity contribution in [1.82, 2.24) is 15.2 Å². The minimum atomic E-state index is -0.112. The number of aromatic nitrogens is 1. The van der Waals surface area contributed by atoms with Gasteiger partial charge in [0.1, 0.15) is 0 Å². The zero-order valence-electron chi connectivity index (χ0n) is 15.1. The van der Waals surface area contributed by atoms with Crippen molar-refractivity contribution in [3.63, 3.8) is 0 Å². The van der Waals surface area contributed by atoms with E-state index in [9.17, 15) is 5.11 Å². The van der Waals surface area contributed by atoms with Gasteiger partial charge in [-0.2, -0.15) is 0 Å². The molecule has 4 heteroatoms. The molecular formula is C22H27N3O. The van der Waals surface area contributed by atoms with Gasteiger partial charge in [-0.1, -0.05) is 36.4 Å². The Morgan fingerprint density at radius 2 is 1.65 bits per heavy atom. The van der Waals surface area contributed by atoms with Gasteiger partial charge in [-0.25, -0.2) is 0 Å². The maximum Gasteiger partial charge on any atom is 0.0564 e. The number of H-pyrrole nitrogens is 1. The van der Waals surface area contributed by atoms with Crippen molar-refractivity contribution in [3.05, 3.63) is 71.4 Å². The van der Waals surface area contributed by atoms with Crippen molar-refractivity contribution in [2.45, 2.75) is 38.6 Å². The first-order chi connectivity index (χ1) is 12.8. The minimum Gasteiger partial charge on any atom is -0.393 e. The van der Waals surface area contributed by atoms with Crippen molar-refractivity contribution in [1.29, 1.82) is 0 Å². The fourth-order valence-electron chi connectivity index (χ4n) is 3.84. The first kappa shape index (κ1) is 17.3. The van der Waals surface area contributed by atoms with E-state index in [1.165, 1.54) is 27.6 Å². The molecule has 0 unspecified atom stereocenters. The van der Waals surface area contributed by atoms with E-state index in [4.69, 9.17) is 0 Å². The highest BCUT2D eigenvalue weighted by Crippen LogP contribution is 2.19. The predicted octanol–water partition coefficient (Wildman–Crippen LogP) is 3.41. The Morgan fingerprint density at radius 3 is 2.50 bits per heavy atom. The number of rotatable bonds is 6. The molecule has 136 valence electrons. The third-order valence-corrected chi connectivity index (χ3v) is 5.39. The highest BCUT2D eigenvalue weighted by atomic mass is 16.3. The molecule has 1 aliphatic rings. The number of nitrogens with zero attached hydrogens (tertiary/aromatic N) is 1. The number of hydrogen-bond acceptors (Lipinski definition) is 3. The van der Waals surface area contributed by atoms with Gasteiger partial charge in [-0.05, 0) is 41.7 Å². The van der Waals surface area contributed by atoms with Crippen LogP contribution in [-0.2, 0) is 19.6 Å². The lowest BCUT2D eigenvalue weighted by Gasteiger charge is -2.30. The third kappa shape index (κ3) is 3.98. The molecule has 2 aromatic carbocycles. The summed E-state index contributed by atoms with van der Waals surface area (Å²) >= 11 is 0. The summed E-state index contributed by atoms with van der Waals surface area (Å²) in [4.78, 5) is 5.73. The van der Waals surface area contributed by atoms with Gasteiger partial charge in [0.15, 0.2) is 0 Å². The van der Waals surface area contributed by atoms with E-state index in [-0.39, 0.29) is 6.10 Å². The van der Waals surface area contributed by atoms with Crippen molar-refractivity contribution in [3.8, 4) is 0 Å². The number of aromatic amines is 1. The second-order valence-corrected chi connectivity index (χ2v) is 7.24. The molecule has 0 atom stereocenters. The molecule has 1 aliphatic heterocycles. The standard InChI is InChI=1S/C22H27N3O/c26-20-9-12-25(13-10-20)16-19-5-2-1-4-17(19)14-23-15-18-6-3-7-22-21(18)8-11-24-22/h1-8,11,20,23-24,26H,9-10,12-16H2. The number of nitrogens with one attached hydrogen (secondary N) is 2. The smallest absolute Gasteiger partial charge is 0.0564 e. The Bertz CT molecular complexity index is 849. The van der Waals surface area contributed by atoms with E-state index in [0.717, 1.165) is 45.6 Å². The van der Waals surface area contributed by atoms with Gasteiger partial charge in [0, 0.05) is 49.8 Å². The van der Waals surface area contributed by atoms with Crippen LogP contribution in [0, 0.1) is 0 Å². The van der Waals surface area contributed by atoms with Crippen LogP contribution in [0.15, 0.2) is 54.7 Å². The fourth-order valence-corrected chi connectivity index (χ4v) is 3.84. The van der Waals surface area contributed by atoms with Crippen LogP contribution in [0.5, 0.6) is 0 Å². The van der Waals surface area contributed by atoms with Crippen LogP contribution in [0.1, 0.15) is 29.5 Å². The molecule has 0 aliphatic carbocycles. The van der Waals surface area contributed by atoms with Gasteiger partial charge in [0.2, 0.25) is 0 Å². The molecule has 0 bridgehead atoms. The molecule has 0 spiro atoms. The summed E-state index contributed by atoms with van der Waals surface area (Å²) in [5, 5.41) is 14.6. The normalized spacial score (nSPS) is 16.3. The highest BCUT2D eigenvalue weighted by Gasteiger charge is 2.17. The van der Waals surface area contributed by atoms with Crippen LogP contribution in [0.4, 0.5) is 0 Å². The largest absolute Gasteiger partial charge is 0.393 e. The zero-order valence-corrected chi connectivity index (χ0v) is 15.1. The third-order valence-electron chi connectivity index (χ3n) is 5.39. The number of likely N-dealkylation sites (tertiary alicyclic amines) is 1. The van der Waals surface area contributed by atoms with Gasteiger partial charge in [0.05, 0.1) is 6.10 Å². The van der Waals surface area contributed by atoms with Gasteiger partial charge < -0.3 is 15.4 Å². The van der Waals surface area contributed by atoms with Crippen LogP contribution in [-0.4, -0.2) is 34.2 Å². The average molecular weight is 349 g/mol. The predicted molar refractivity (Wildman–Crippen MR) is 106 cm³/mol. The van der Waals surface area contributed by atoms with Crippen molar-refractivity contribution in [2.24, 2.45) is 0 Å². The van der Waals surface area contributed by atoms with E-state index in [1.807, 2.05) is 6.20 Å². The van der Waals surface area contributed by atoms with Crippen LogP contribution in [0.25, 0.3) is 10.9 Å². The number of aliphatic hydroxyl groups is 1. The maximum atomic E-state index is 9.69. The molecule has 4 rings (SSSR count). The molecule has 1 aromatic heterocycles. The minimum absolute atomic E-state index is 0.112. The Kier molecular flexibility index (Phi) is 5.34. The molecule has 0 saturated carbocycles. The lowest BCUT2D eigenvalue weighted by Crippen LogP contribution is -2.35. The van der Waals surface area contributed by atoms with Gasteiger partial charge in [-0.15, -0.1) is 0 Å². The maximum absolute atomic E-state index is 9.69. The summed E-state index contributed by atoms with van der Waals surface area (Å²) < 4.78 is 0. The summed E-state index contributed by atoms with van der Waals surface area (Å²) in [5.41, 5.74) is 5.26. The first-order valence-electron chi connectivity index (χ1n) is 9.52. The summed E-state index contributed by atoms with van der Waals surface area (Å²) in [7, 11) is 0. The second kappa shape index (κ2) is 8.04. The van der Waals surface area contributed by atoms with E-state index in [2.05, 4.69) is 63.7 Å². The molecule has 2 heterocycles. The summed E-state index contributed by atoms with van der Waals surface area (Å²) in [6, 6.07) is 17.2. The zero-order chi connectivity index (χ0) is 17.8. The second-order valence-electron chi connectivity index (χ2n) is 7.24. The number of aliphatic hydroxyl groups excluding tert-OH is 1. The van der Waals surface area contributed by atoms with Crippen molar-refractivity contribution >= 4 is 10.9 Å². The number of hydrogen-bond donors (Lipinski definition) is 3. The van der Waals surface area contributed by atoms with Gasteiger partial charge in [-0.3, -0.25) is 4.90 Å². The summed E-state index contributed by atoms with van der Waals surface area (Å²) in [6.45, 7) is 4.67. The van der Waals surface area contributed by atoms with Gasteiger partial charge >= 0.3 is 0 Å². The number of fused-ring (bicyclic) bond motifs is 1. The van der Waals surface area contributed by atoms with Crippen LogP contribution in [0.2, 0.25) is 0 Å². The lowest BCUT2D eigenvalue weighted by molar-refractivity contribution is 0.0791. The van der Waals surface area contributed by atoms with E-state index in [0.29, 0.717) is 0 Å². The Balaban J connectivity index is 1.38. The molecule has 0 radical (unpaired) electrons. The summed E-state index contributed by atoms with van der Waals surface area (Å²) in [6.07, 6.45) is 3.67. The molecule has 4 nitrogen and oxygen atoms in total. The van der Waals surface area contributed by atoms with Crippen molar-refractivity contribution < 1.29 is 5.11 Å². The SMILES string of the molecule is OC1CCN(Cc2ccccc2CNCc2cccc3[nH]ccc23)CC1.